The molecule has 3 heteroatoms. The Labute approximate surface area is 157 Å². The van der Waals surface area contributed by atoms with Crippen LogP contribution in [0.25, 0.3) is 0 Å². The van der Waals surface area contributed by atoms with Crippen LogP contribution in [0.5, 0.6) is 11.5 Å². The molecule has 0 bridgehead atoms. The Morgan fingerprint density at radius 2 is 1.08 bits per heavy atom. The smallest absolute Gasteiger partial charge is 0.394 e. The normalized spacial score (nSPS) is 11.9. The summed E-state index contributed by atoms with van der Waals surface area (Å²) in [6, 6.07) is 15.3. The average molecular weight is 354 g/mol. The number of ether oxygens (including phenoxy) is 2. The first-order valence-corrected chi connectivity index (χ1v) is 9.30. The van der Waals surface area contributed by atoms with Crippen LogP contribution in [0.4, 0.5) is 4.79 Å². The molecule has 0 aromatic heterocycles. The standard InChI is InChI=1S/C23H30O3/c1-7-22(3,4)17-13-9-11-15-19(17)25-21(24)26-20-16-12-10-14-18(20)23(5,6)8-2/h9-16H,7-8H2,1-6H3. The molecule has 0 aliphatic carbocycles. The Kier molecular flexibility index (Phi) is 6.12. The molecule has 0 N–H and O–H groups in total. The summed E-state index contributed by atoms with van der Waals surface area (Å²) in [5, 5.41) is 0. The van der Waals surface area contributed by atoms with E-state index in [1.807, 2.05) is 48.5 Å². The Hall–Kier alpha value is -2.29. The van der Waals surface area contributed by atoms with Crippen molar-refractivity contribution in [3.8, 4) is 11.5 Å². The van der Waals surface area contributed by atoms with E-state index in [4.69, 9.17) is 9.47 Å². The molecule has 0 amide bonds. The first kappa shape index (κ1) is 20.0. The third kappa shape index (κ3) is 4.46. The highest BCUT2D eigenvalue weighted by atomic mass is 16.7. The molecule has 2 rings (SSSR count). The summed E-state index contributed by atoms with van der Waals surface area (Å²) in [5.74, 6) is 1.10. The van der Waals surface area contributed by atoms with Gasteiger partial charge in [0.1, 0.15) is 11.5 Å². The zero-order valence-corrected chi connectivity index (χ0v) is 16.8. The van der Waals surface area contributed by atoms with Gasteiger partial charge in [0, 0.05) is 11.1 Å². The molecule has 26 heavy (non-hydrogen) atoms. The first-order chi connectivity index (χ1) is 12.2. The maximum absolute atomic E-state index is 12.5. The van der Waals surface area contributed by atoms with Crippen LogP contribution in [-0.4, -0.2) is 6.16 Å². The molecule has 0 fully saturated rings. The van der Waals surface area contributed by atoms with Crippen molar-refractivity contribution >= 4 is 6.16 Å². The van der Waals surface area contributed by atoms with E-state index in [0.29, 0.717) is 11.5 Å². The molecule has 0 saturated carbocycles. The topological polar surface area (TPSA) is 35.5 Å². The second kappa shape index (κ2) is 7.94. The summed E-state index contributed by atoms with van der Waals surface area (Å²) in [6.07, 6.45) is 1.18. The van der Waals surface area contributed by atoms with Gasteiger partial charge in [0.15, 0.2) is 0 Å². The van der Waals surface area contributed by atoms with E-state index in [0.717, 1.165) is 24.0 Å². The monoisotopic (exact) mass is 354 g/mol. The second-order valence-electron chi connectivity index (χ2n) is 7.92. The molecule has 0 radical (unpaired) electrons. The summed E-state index contributed by atoms with van der Waals surface area (Å²) < 4.78 is 11.2. The highest BCUT2D eigenvalue weighted by Gasteiger charge is 2.26. The van der Waals surface area contributed by atoms with Gasteiger partial charge in [-0.1, -0.05) is 77.9 Å². The molecule has 0 saturated heterocycles. The molecular formula is C23H30O3. The maximum Gasteiger partial charge on any atom is 0.519 e. The lowest BCUT2D eigenvalue weighted by atomic mass is 9.82. The number of carbonyl (C=O) groups is 1. The van der Waals surface area contributed by atoms with Crippen LogP contribution in [0.2, 0.25) is 0 Å². The van der Waals surface area contributed by atoms with Gasteiger partial charge in [-0.05, 0) is 35.8 Å². The SMILES string of the molecule is CCC(C)(C)c1ccccc1OC(=O)Oc1ccccc1C(C)(C)CC. The zero-order chi connectivity index (χ0) is 19.4. The molecule has 0 heterocycles. The van der Waals surface area contributed by atoms with E-state index in [9.17, 15) is 4.79 Å². The van der Waals surface area contributed by atoms with E-state index in [-0.39, 0.29) is 10.8 Å². The van der Waals surface area contributed by atoms with Gasteiger partial charge in [-0.3, -0.25) is 0 Å². The van der Waals surface area contributed by atoms with Gasteiger partial charge in [-0.15, -0.1) is 0 Å². The zero-order valence-electron chi connectivity index (χ0n) is 16.8. The molecule has 0 atom stereocenters. The van der Waals surface area contributed by atoms with E-state index in [1.54, 1.807) is 0 Å². The van der Waals surface area contributed by atoms with Crippen LogP contribution < -0.4 is 9.47 Å². The summed E-state index contributed by atoms with van der Waals surface area (Å²) in [6.45, 7) is 12.8. The van der Waals surface area contributed by atoms with Gasteiger partial charge in [-0.2, -0.15) is 0 Å². The first-order valence-electron chi connectivity index (χ1n) is 9.30. The fraction of sp³-hybridized carbons (Fsp3) is 0.435. The predicted octanol–water partition coefficient (Wildman–Crippen LogP) is 6.64. The predicted molar refractivity (Wildman–Crippen MR) is 106 cm³/mol. The van der Waals surface area contributed by atoms with Gasteiger partial charge in [-0.25, -0.2) is 4.79 Å². The highest BCUT2D eigenvalue weighted by molar-refractivity contribution is 5.68. The lowest BCUT2D eigenvalue weighted by Gasteiger charge is -2.26. The molecular weight excluding hydrogens is 324 g/mol. The fourth-order valence-electron chi connectivity index (χ4n) is 2.81. The summed E-state index contributed by atoms with van der Waals surface area (Å²) in [7, 11) is 0. The van der Waals surface area contributed by atoms with Crippen LogP contribution in [0.3, 0.4) is 0 Å². The van der Waals surface area contributed by atoms with Crippen molar-refractivity contribution in [2.45, 2.75) is 65.2 Å². The molecule has 0 aliphatic rings. The number of rotatable bonds is 6. The number of hydrogen-bond donors (Lipinski definition) is 0. The lowest BCUT2D eigenvalue weighted by Crippen LogP contribution is -2.22. The van der Waals surface area contributed by atoms with E-state index < -0.39 is 6.16 Å². The van der Waals surface area contributed by atoms with Gasteiger partial charge >= 0.3 is 6.16 Å². The van der Waals surface area contributed by atoms with Gasteiger partial charge < -0.3 is 9.47 Å². The van der Waals surface area contributed by atoms with Gasteiger partial charge in [0.25, 0.3) is 0 Å². The summed E-state index contributed by atoms with van der Waals surface area (Å²) >= 11 is 0. The summed E-state index contributed by atoms with van der Waals surface area (Å²) in [5.41, 5.74) is 1.83. The molecule has 0 aliphatic heterocycles. The van der Waals surface area contributed by atoms with E-state index in [1.165, 1.54) is 0 Å². The summed E-state index contributed by atoms with van der Waals surface area (Å²) in [4.78, 5) is 12.5. The van der Waals surface area contributed by atoms with Crippen molar-refractivity contribution in [3.05, 3.63) is 59.7 Å². The van der Waals surface area contributed by atoms with Crippen molar-refractivity contribution in [2.75, 3.05) is 0 Å². The van der Waals surface area contributed by atoms with Crippen LogP contribution in [0.15, 0.2) is 48.5 Å². The number of carbonyl (C=O) groups excluding carboxylic acids is 1. The van der Waals surface area contributed by atoms with Crippen LogP contribution in [0, 0.1) is 0 Å². The minimum atomic E-state index is -0.705. The van der Waals surface area contributed by atoms with Crippen molar-refractivity contribution in [1.29, 1.82) is 0 Å². The quantitative estimate of drug-likeness (QED) is 0.431. The molecule has 3 nitrogen and oxygen atoms in total. The van der Waals surface area contributed by atoms with Gasteiger partial charge in [0.2, 0.25) is 0 Å². The van der Waals surface area contributed by atoms with Crippen molar-refractivity contribution in [2.24, 2.45) is 0 Å². The molecule has 0 unspecified atom stereocenters. The largest absolute Gasteiger partial charge is 0.519 e. The van der Waals surface area contributed by atoms with E-state index >= 15 is 0 Å². The minimum Gasteiger partial charge on any atom is -0.394 e. The second-order valence-corrected chi connectivity index (χ2v) is 7.92. The molecule has 2 aromatic carbocycles. The van der Waals surface area contributed by atoms with Crippen molar-refractivity contribution < 1.29 is 14.3 Å². The Balaban J connectivity index is 2.25. The highest BCUT2D eigenvalue weighted by Crippen LogP contribution is 2.36. The van der Waals surface area contributed by atoms with Gasteiger partial charge in [0.05, 0.1) is 0 Å². The van der Waals surface area contributed by atoms with Crippen molar-refractivity contribution in [1.82, 2.24) is 0 Å². The third-order valence-electron chi connectivity index (χ3n) is 5.39. The molecule has 140 valence electrons. The molecule has 0 spiro atoms. The fourth-order valence-corrected chi connectivity index (χ4v) is 2.81. The minimum absolute atomic E-state index is 0.0843. The lowest BCUT2D eigenvalue weighted by molar-refractivity contribution is 0.150. The third-order valence-corrected chi connectivity index (χ3v) is 5.39. The van der Waals surface area contributed by atoms with Crippen molar-refractivity contribution in [3.63, 3.8) is 0 Å². The Bertz CT molecular complexity index is 696. The van der Waals surface area contributed by atoms with Crippen LogP contribution in [-0.2, 0) is 10.8 Å². The number of para-hydroxylation sites is 2. The Morgan fingerprint density at radius 3 is 1.42 bits per heavy atom. The van der Waals surface area contributed by atoms with Crippen LogP contribution in [0.1, 0.15) is 65.5 Å². The molecule has 2 aromatic rings. The average Bonchev–Trinajstić information content (AvgIpc) is 2.62. The Morgan fingerprint density at radius 1 is 0.731 bits per heavy atom. The van der Waals surface area contributed by atoms with Crippen LogP contribution >= 0.6 is 0 Å². The maximum atomic E-state index is 12.5. The van der Waals surface area contributed by atoms with E-state index in [2.05, 4.69) is 41.5 Å². The number of benzene rings is 2. The number of hydrogen-bond acceptors (Lipinski definition) is 3.